The number of amides is 1. The first-order valence-corrected chi connectivity index (χ1v) is 8.71. The number of primary amides is 1. The number of nitrogens with two attached hydrogens (primary N) is 2. The molecule has 10 heteroatoms. The van der Waals surface area contributed by atoms with Gasteiger partial charge in [0.05, 0.1) is 5.56 Å². The van der Waals surface area contributed by atoms with Crippen LogP contribution >= 0.6 is 23.2 Å². The number of nitrogens with zero attached hydrogens (tertiary/aromatic N) is 3. The minimum absolute atomic E-state index is 0.0798. The van der Waals surface area contributed by atoms with E-state index >= 15 is 0 Å². The lowest BCUT2D eigenvalue weighted by molar-refractivity contribution is 0.0972. The molecule has 4 N–H and O–H groups in total. The van der Waals surface area contributed by atoms with Crippen molar-refractivity contribution >= 4 is 29.1 Å². The highest BCUT2D eigenvalue weighted by Crippen LogP contribution is 2.42. The Bertz CT molecular complexity index is 982. The molecule has 0 spiro atoms. The summed E-state index contributed by atoms with van der Waals surface area (Å²) in [6.07, 6.45) is 0.334. The van der Waals surface area contributed by atoms with Gasteiger partial charge in [-0.25, -0.2) is 9.07 Å². The number of benzene rings is 1. The highest BCUT2D eigenvalue weighted by molar-refractivity contribution is 6.35. The molecule has 3 aromatic rings. The van der Waals surface area contributed by atoms with Gasteiger partial charge in [0.2, 0.25) is 5.22 Å². The molecule has 1 amide bonds. The minimum atomic E-state index is -0.804. The average Bonchev–Trinajstić information content (AvgIpc) is 3.12. The predicted octanol–water partition coefficient (Wildman–Crippen LogP) is 2.90. The molecule has 27 heavy (non-hydrogen) atoms. The summed E-state index contributed by atoms with van der Waals surface area (Å²) in [5, 5.41) is 7.64. The molecule has 0 aliphatic carbocycles. The molecule has 2 aromatic heterocycles. The van der Waals surface area contributed by atoms with Gasteiger partial charge in [-0.2, -0.15) is 0 Å². The number of halogens is 3. The fraction of sp³-hybridized carbons (Fsp3) is 0.235. The SMILES string of the molecule is Cn1nnc(Cl)c1-c1c(Cl)oc(C(N)=O)c1[C@@H](CN)Cc1cccc(F)c1. The maximum absolute atomic E-state index is 13.6. The largest absolute Gasteiger partial charge is 0.438 e. The molecular formula is C17H16Cl2FN5O2. The number of furan rings is 1. The molecular weight excluding hydrogens is 396 g/mol. The normalized spacial score (nSPS) is 12.3. The zero-order chi connectivity index (χ0) is 19.7. The van der Waals surface area contributed by atoms with Crippen LogP contribution in [-0.2, 0) is 13.5 Å². The maximum Gasteiger partial charge on any atom is 0.284 e. The Hall–Kier alpha value is -2.42. The Morgan fingerprint density at radius 1 is 1.41 bits per heavy atom. The Morgan fingerprint density at radius 2 is 2.15 bits per heavy atom. The summed E-state index contributed by atoms with van der Waals surface area (Å²) in [4.78, 5) is 12.0. The van der Waals surface area contributed by atoms with E-state index in [1.807, 2.05) is 0 Å². The molecule has 3 rings (SSSR count). The lowest BCUT2D eigenvalue weighted by Gasteiger charge is -2.17. The van der Waals surface area contributed by atoms with Crippen LogP contribution in [0.1, 0.15) is 27.6 Å². The van der Waals surface area contributed by atoms with Crippen LogP contribution in [0.2, 0.25) is 10.4 Å². The number of aryl methyl sites for hydroxylation is 1. The van der Waals surface area contributed by atoms with Gasteiger partial charge in [-0.3, -0.25) is 4.79 Å². The molecule has 0 unspecified atom stereocenters. The van der Waals surface area contributed by atoms with Crippen molar-refractivity contribution in [3.8, 4) is 11.3 Å². The van der Waals surface area contributed by atoms with E-state index in [0.717, 1.165) is 0 Å². The second kappa shape index (κ2) is 7.67. The summed E-state index contributed by atoms with van der Waals surface area (Å²) in [5.74, 6) is -1.74. The summed E-state index contributed by atoms with van der Waals surface area (Å²) < 4.78 is 20.4. The van der Waals surface area contributed by atoms with Crippen molar-refractivity contribution in [3.63, 3.8) is 0 Å². The molecule has 1 aromatic carbocycles. The van der Waals surface area contributed by atoms with Crippen LogP contribution in [0.25, 0.3) is 11.3 Å². The Labute approximate surface area is 164 Å². The monoisotopic (exact) mass is 411 g/mol. The zero-order valence-corrected chi connectivity index (χ0v) is 15.8. The number of carbonyl (C=O) groups excluding carboxylic acids is 1. The van der Waals surface area contributed by atoms with Gasteiger partial charge in [-0.1, -0.05) is 28.9 Å². The third-order valence-electron chi connectivity index (χ3n) is 4.21. The van der Waals surface area contributed by atoms with Gasteiger partial charge in [0.15, 0.2) is 10.9 Å². The second-order valence-electron chi connectivity index (χ2n) is 5.98. The van der Waals surface area contributed by atoms with Crippen molar-refractivity contribution in [1.82, 2.24) is 15.0 Å². The summed E-state index contributed by atoms with van der Waals surface area (Å²) >= 11 is 12.4. The quantitative estimate of drug-likeness (QED) is 0.647. The first kappa shape index (κ1) is 19.3. The van der Waals surface area contributed by atoms with Crippen molar-refractivity contribution in [2.24, 2.45) is 18.5 Å². The lowest BCUT2D eigenvalue weighted by Crippen LogP contribution is -2.20. The third kappa shape index (κ3) is 3.69. The molecule has 0 radical (unpaired) electrons. The number of aromatic nitrogens is 3. The van der Waals surface area contributed by atoms with Crippen LogP contribution in [-0.4, -0.2) is 27.4 Å². The van der Waals surface area contributed by atoms with E-state index in [-0.39, 0.29) is 28.5 Å². The van der Waals surface area contributed by atoms with Crippen molar-refractivity contribution in [1.29, 1.82) is 0 Å². The van der Waals surface area contributed by atoms with Gasteiger partial charge in [0, 0.05) is 18.5 Å². The van der Waals surface area contributed by atoms with Crippen LogP contribution in [0, 0.1) is 5.82 Å². The van der Waals surface area contributed by atoms with Gasteiger partial charge in [0.1, 0.15) is 11.5 Å². The molecule has 0 saturated heterocycles. The van der Waals surface area contributed by atoms with E-state index in [4.69, 9.17) is 39.1 Å². The number of hydrogen-bond acceptors (Lipinski definition) is 5. The van der Waals surface area contributed by atoms with Crippen molar-refractivity contribution in [2.45, 2.75) is 12.3 Å². The predicted molar refractivity (Wildman–Crippen MR) is 99.1 cm³/mol. The van der Waals surface area contributed by atoms with E-state index < -0.39 is 11.8 Å². The van der Waals surface area contributed by atoms with Crippen LogP contribution in [0.3, 0.4) is 0 Å². The molecule has 0 bridgehead atoms. The standard InChI is InChI=1S/C17H16Cl2FN5O2/c1-25-13(15(18)23-24-25)12-11(14(17(22)26)27-16(12)19)9(7-21)5-8-3-2-4-10(20)6-8/h2-4,6,9H,5,7,21H2,1H3,(H2,22,26)/t9-/m1/s1. The van der Waals surface area contributed by atoms with Gasteiger partial charge in [-0.05, 0) is 42.3 Å². The van der Waals surface area contributed by atoms with E-state index in [1.54, 1.807) is 19.2 Å². The fourth-order valence-electron chi connectivity index (χ4n) is 3.06. The van der Waals surface area contributed by atoms with Crippen molar-refractivity contribution in [2.75, 3.05) is 6.54 Å². The first-order chi connectivity index (χ1) is 12.8. The van der Waals surface area contributed by atoms with E-state index in [2.05, 4.69) is 10.3 Å². The molecule has 0 aliphatic rings. The lowest BCUT2D eigenvalue weighted by atomic mass is 9.88. The van der Waals surface area contributed by atoms with E-state index in [9.17, 15) is 9.18 Å². The minimum Gasteiger partial charge on any atom is -0.438 e. The first-order valence-electron chi connectivity index (χ1n) is 7.95. The summed E-state index contributed by atoms with van der Waals surface area (Å²) in [6, 6.07) is 6.09. The molecule has 142 valence electrons. The van der Waals surface area contributed by atoms with Gasteiger partial charge in [0.25, 0.3) is 5.91 Å². The highest BCUT2D eigenvalue weighted by atomic mass is 35.5. The topological polar surface area (TPSA) is 113 Å². The molecule has 0 fully saturated rings. The average molecular weight is 412 g/mol. The fourth-order valence-corrected chi connectivity index (χ4v) is 3.58. The van der Waals surface area contributed by atoms with Crippen molar-refractivity contribution in [3.05, 3.63) is 57.3 Å². The van der Waals surface area contributed by atoms with E-state index in [1.165, 1.54) is 16.8 Å². The summed E-state index contributed by atoms with van der Waals surface area (Å²) in [5.41, 5.74) is 13.2. The molecule has 1 atom stereocenters. The second-order valence-corrected chi connectivity index (χ2v) is 6.68. The smallest absolute Gasteiger partial charge is 0.284 e. The van der Waals surface area contributed by atoms with E-state index in [0.29, 0.717) is 28.8 Å². The van der Waals surface area contributed by atoms with Gasteiger partial charge < -0.3 is 15.9 Å². The Morgan fingerprint density at radius 3 is 2.70 bits per heavy atom. The number of hydrogen-bond donors (Lipinski definition) is 2. The summed E-state index contributed by atoms with van der Waals surface area (Å²) in [7, 11) is 1.62. The van der Waals surface area contributed by atoms with Crippen LogP contribution in [0.15, 0.2) is 28.7 Å². The molecule has 2 heterocycles. The van der Waals surface area contributed by atoms with Gasteiger partial charge in [-0.15, -0.1) is 5.10 Å². The molecule has 0 aliphatic heterocycles. The van der Waals surface area contributed by atoms with Gasteiger partial charge >= 0.3 is 0 Å². The number of carbonyl (C=O) groups is 1. The number of rotatable bonds is 6. The van der Waals surface area contributed by atoms with Crippen LogP contribution in [0.4, 0.5) is 4.39 Å². The molecule has 7 nitrogen and oxygen atoms in total. The Balaban J connectivity index is 2.18. The Kier molecular flexibility index (Phi) is 5.50. The zero-order valence-electron chi connectivity index (χ0n) is 14.2. The van der Waals surface area contributed by atoms with Crippen LogP contribution < -0.4 is 11.5 Å². The highest BCUT2D eigenvalue weighted by Gasteiger charge is 2.32. The van der Waals surface area contributed by atoms with Crippen molar-refractivity contribution < 1.29 is 13.6 Å². The third-order valence-corrected chi connectivity index (χ3v) is 4.73. The summed E-state index contributed by atoms with van der Waals surface area (Å²) in [6.45, 7) is 0.128. The van der Waals surface area contributed by atoms with Crippen LogP contribution in [0.5, 0.6) is 0 Å². The maximum atomic E-state index is 13.6. The molecule has 0 saturated carbocycles.